The molecule has 0 unspecified atom stereocenters. The van der Waals surface area contributed by atoms with Crippen molar-refractivity contribution in [2.24, 2.45) is 0 Å². The molecule has 0 aliphatic rings. The fourth-order valence-electron chi connectivity index (χ4n) is 2.69. The average molecular weight is 603 g/mol. The van der Waals surface area contributed by atoms with Gasteiger partial charge in [-0.05, 0) is 0 Å². The third-order valence-electron chi connectivity index (χ3n) is 4.68. The number of methoxy groups -OCH3 is 1. The predicted octanol–water partition coefficient (Wildman–Crippen LogP) is 0.379. The quantitative estimate of drug-likeness (QED) is 0.0721. The topological polar surface area (TPSA) is 137 Å². The van der Waals surface area contributed by atoms with Gasteiger partial charge in [-0.3, -0.25) is 4.79 Å². The highest BCUT2D eigenvalue weighted by Gasteiger charge is 1.97. The lowest BCUT2D eigenvalue weighted by Crippen LogP contribution is -2.15. The van der Waals surface area contributed by atoms with Crippen molar-refractivity contribution in [2.45, 2.75) is 6.92 Å². The molecule has 0 aromatic heterocycles. The maximum absolute atomic E-state index is 10.6. The van der Waals surface area contributed by atoms with Gasteiger partial charge in [0.1, 0.15) is 6.61 Å². The molecule has 0 aromatic rings. The van der Waals surface area contributed by atoms with E-state index < -0.39 is 0 Å². The van der Waals surface area contributed by atoms with Crippen molar-refractivity contribution in [2.75, 3.05) is 166 Å². The molecule has 0 aliphatic heterocycles. The molecule has 0 saturated carbocycles. The number of carbonyl (C=O) groups is 1. The standard InChI is InChI=1S/C27H54O14/c1-27(28)41-26-25-40-24-23-39-22-21-38-20-19-37-18-17-36-16-15-35-14-13-34-12-11-33-10-9-32-8-7-31-6-5-30-4-3-29-2/h3-26H2,1-2H3. The molecule has 0 bridgehead atoms. The SMILES string of the molecule is COCCOCCOCCOCCOCCOCCOCCOCCOCCOCCOCCOCCOC(C)=O. The van der Waals surface area contributed by atoms with Gasteiger partial charge < -0.3 is 61.6 Å². The zero-order valence-electron chi connectivity index (χ0n) is 25.2. The fourth-order valence-corrected chi connectivity index (χ4v) is 2.69. The maximum atomic E-state index is 10.6. The van der Waals surface area contributed by atoms with E-state index in [4.69, 9.17) is 61.6 Å². The summed E-state index contributed by atoms with van der Waals surface area (Å²) in [5, 5.41) is 0. The number of carbonyl (C=O) groups excluding carboxylic acids is 1. The fraction of sp³-hybridized carbons (Fsp3) is 0.963. The first-order chi connectivity index (χ1) is 20.3. The summed E-state index contributed by atoms with van der Waals surface area (Å²) in [6.45, 7) is 13.2. The Morgan fingerprint density at radius 1 is 0.317 bits per heavy atom. The molecule has 0 N–H and O–H groups in total. The minimum absolute atomic E-state index is 0.258. The molecular formula is C27H54O14. The molecule has 14 nitrogen and oxygen atoms in total. The van der Waals surface area contributed by atoms with Crippen LogP contribution < -0.4 is 0 Å². The summed E-state index contributed by atoms with van der Waals surface area (Å²) in [6.07, 6.45) is 0. The zero-order chi connectivity index (χ0) is 29.7. The van der Waals surface area contributed by atoms with Crippen LogP contribution in [-0.4, -0.2) is 172 Å². The van der Waals surface area contributed by atoms with E-state index in [0.29, 0.717) is 152 Å². The van der Waals surface area contributed by atoms with Crippen LogP contribution in [0.15, 0.2) is 0 Å². The Morgan fingerprint density at radius 2 is 0.488 bits per heavy atom. The van der Waals surface area contributed by atoms with E-state index in [1.807, 2.05) is 0 Å². The Bertz CT molecular complexity index is 501. The first-order valence-corrected chi connectivity index (χ1v) is 14.2. The molecule has 14 heteroatoms. The second-order valence-corrected chi connectivity index (χ2v) is 8.07. The van der Waals surface area contributed by atoms with Crippen LogP contribution in [0.1, 0.15) is 6.92 Å². The lowest BCUT2D eigenvalue weighted by molar-refractivity contribution is -0.142. The van der Waals surface area contributed by atoms with Crippen molar-refractivity contribution in [1.29, 1.82) is 0 Å². The zero-order valence-corrected chi connectivity index (χ0v) is 25.2. The Hall–Kier alpha value is -1.01. The first-order valence-electron chi connectivity index (χ1n) is 14.2. The second-order valence-electron chi connectivity index (χ2n) is 8.07. The third kappa shape index (κ3) is 39.0. The van der Waals surface area contributed by atoms with Crippen molar-refractivity contribution in [3.8, 4) is 0 Å². The summed E-state index contributed by atoms with van der Waals surface area (Å²) in [5.41, 5.74) is 0. The molecule has 0 saturated heterocycles. The van der Waals surface area contributed by atoms with Crippen molar-refractivity contribution in [3.63, 3.8) is 0 Å². The van der Waals surface area contributed by atoms with Gasteiger partial charge in [0, 0.05) is 14.0 Å². The summed E-state index contributed by atoms with van der Waals surface area (Å²) in [4.78, 5) is 10.6. The van der Waals surface area contributed by atoms with Gasteiger partial charge in [-0.1, -0.05) is 0 Å². The largest absolute Gasteiger partial charge is 0.463 e. The van der Waals surface area contributed by atoms with Crippen molar-refractivity contribution < 1.29 is 66.4 Å². The minimum atomic E-state index is -0.311. The van der Waals surface area contributed by atoms with Crippen molar-refractivity contribution >= 4 is 5.97 Å². The van der Waals surface area contributed by atoms with Gasteiger partial charge >= 0.3 is 5.97 Å². The molecule has 41 heavy (non-hydrogen) atoms. The molecule has 0 amide bonds. The Balaban J connectivity index is 3.03. The Labute approximate surface area is 245 Å². The van der Waals surface area contributed by atoms with Crippen LogP contribution in [0.4, 0.5) is 0 Å². The smallest absolute Gasteiger partial charge is 0.302 e. The maximum Gasteiger partial charge on any atom is 0.302 e. The minimum Gasteiger partial charge on any atom is -0.463 e. The van der Waals surface area contributed by atoms with Gasteiger partial charge in [-0.25, -0.2) is 0 Å². The summed E-state index contributed by atoms with van der Waals surface area (Å²) in [7, 11) is 1.64. The highest BCUT2D eigenvalue weighted by Crippen LogP contribution is 1.87. The molecule has 0 atom stereocenters. The molecule has 0 rings (SSSR count). The summed E-state index contributed by atoms with van der Waals surface area (Å²) in [5.74, 6) is -0.311. The van der Waals surface area contributed by atoms with Crippen molar-refractivity contribution in [1.82, 2.24) is 0 Å². The third-order valence-corrected chi connectivity index (χ3v) is 4.68. The predicted molar refractivity (Wildman–Crippen MR) is 148 cm³/mol. The van der Waals surface area contributed by atoms with Crippen LogP contribution in [0.25, 0.3) is 0 Å². The van der Waals surface area contributed by atoms with Crippen LogP contribution in [0.2, 0.25) is 0 Å². The summed E-state index contributed by atoms with van der Waals surface area (Å²) >= 11 is 0. The van der Waals surface area contributed by atoms with E-state index in [-0.39, 0.29) is 12.6 Å². The average Bonchev–Trinajstić information content (AvgIpc) is 2.97. The van der Waals surface area contributed by atoms with Crippen LogP contribution in [0.5, 0.6) is 0 Å². The van der Waals surface area contributed by atoms with E-state index in [1.54, 1.807) is 7.11 Å². The highest BCUT2D eigenvalue weighted by atomic mass is 16.6. The van der Waals surface area contributed by atoms with E-state index in [9.17, 15) is 4.79 Å². The molecular weight excluding hydrogens is 548 g/mol. The van der Waals surface area contributed by atoms with E-state index >= 15 is 0 Å². The highest BCUT2D eigenvalue weighted by molar-refractivity contribution is 5.65. The Kier molecular flexibility index (Phi) is 36.1. The molecule has 0 radical (unpaired) electrons. The summed E-state index contributed by atoms with van der Waals surface area (Å²) < 4.78 is 69.0. The first kappa shape index (κ1) is 40.0. The monoisotopic (exact) mass is 602 g/mol. The van der Waals surface area contributed by atoms with Gasteiger partial charge in [-0.15, -0.1) is 0 Å². The van der Waals surface area contributed by atoms with Crippen LogP contribution in [0, 0.1) is 0 Å². The number of ether oxygens (including phenoxy) is 13. The van der Waals surface area contributed by atoms with E-state index in [1.165, 1.54) is 6.92 Å². The van der Waals surface area contributed by atoms with Crippen molar-refractivity contribution in [3.05, 3.63) is 0 Å². The summed E-state index contributed by atoms with van der Waals surface area (Å²) in [6, 6.07) is 0. The van der Waals surface area contributed by atoms with Gasteiger partial charge in [0.2, 0.25) is 0 Å². The second kappa shape index (κ2) is 37.0. The molecule has 0 spiro atoms. The van der Waals surface area contributed by atoms with Crippen LogP contribution in [0.3, 0.4) is 0 Å². The van der Waals surface area contributed by atoms with Gasteiger partial charge in [0.05, 0.1) is 152 Å². The molecule has 0 aliphatic carbocycles. The molecule has 246 valence electrons. The lowest BCUT2D eigenvalue weighted by atomic mass is 10.6. The van der Waals surface area contributed by atoms with E-state index in [0.717, 1.165) is 0 Å². The number of hydrogen-bond donors (Lipinski definition) is 0. The number of rotatable bonds is 36. The number of hydrogen-bond acceptors (Lipinski definition) is 14. The van der Waals surface area contributed by atoms with Gasteiger partial charge in [-0.2, -0.15) is 0 Å². The van der Waals surface area contributed by atoms with Gasteiger partial charge in [0.25, 0.3) is 0 Å². The number of esters is 1. The molecule has 0 heterocycles. The Morgan fingerprint density at radius 3 is 0.659 bits per heavy atom. The lowest BCUT2D eigenvalue weighted by Gasteiger charge is -2.09. The van der Waals surface area contributed by atoms with Crippen LogP contribution in [-0.2, 0) is 66.4 Å². The molecule has 0 fully saturated rings. The molecule has 0 aromatic carbocycles. The van der Waals surface area contributed by atoms with Gasteiger partial charge in [0.15, 0.2) is 0 Å². The van der Waals surface area contributed by atoms with Crippen LogP contribution >= 0.6 is 0 Å². The van der Waals surface area contributed by atoms with E-state index in [2.05, 4.69) is 0 Å². The normalized spacial score (nSPS) is 11.4.